The summed E-state index contributed by atoms with van der Waals surface area (Å²) < 4.78 is 0. The molecule has 0 aromatic rings. The first-order valence-corrected chi connectivity index (χ1v) is 15.4. The van der Waals surface area contributed by atoms with Gasteiger partial charge in [-0.25, -0.2) is 4.79 Å². The van der Waals surface area contributed by atoms with E-state index >= 15 is 0 Å². The third kappa shape index (κ3) is 17.7. The van der Waals surface area contributed by atoms with E-state index in [-0.39, 0.29) is 12.3 Å². The number of carboxylic acid groups (broad SMARTS) is 5. The van der Waals surface area contributed by atoms with Crippen LogP contribution < -0.4 is 32.3 Å². The first-order chi connectivity index (χ1) is 23.0. The van der Waals surface area contributed by atoms with Gasteiger partial charge in [-0.15, -0.1) is 0 Å². The average Bonchev–Trinajstić information content (AvgIpc) is 2.97. The van der Waals surface area contributed by atoms with Crippen LogP contribution in [0.1, 0.15) is 72.6 Å². The van der Waals surface area contributed by atoms with Crippen LogP contribution in [0.15, 0.2) is 0 Å². The van der Waals surface area contributed by atoms with E-state index in [1.165, 1.54) is 13.8 Å². The highest BCUT2D eigenvalue weighted by Crippen LogP contribution is 2.09. The van der Waals surface area contributed by atoms with Crippen LogP contribution in [0, 0.1) is 11.8 Å². The first kappa shape index (κ1) is 44.7. The topological polar surface area (TPSA) is 358 Å². The van der Waals surface area contributed by atoms with Gasteiger partial charge < -0.3 is 57.9 Å². The molecule has 0 aliphatic heterocycles. The largest absolute Gasteiger partial charge is 0.481 e. The maximum Gasteiger partial charge on any atom is 0.326 e. The second-order valence-corrected chi connectivity index (χ2v) is 12.1. The van der Waals surface area contributed by atoms with Crippen LogP contribution in [0.4, 0.5) is 0 Å². The fourth-order valence-corrected chi connectivity index (χ4v) is 4.32. The predicted octanol–water partition coefficient (Wildman–Crippen LogP) is -2.80. The lowest BCUT2D eigenvalue weighted by molar-refractivity contribution is -0.144. The molecule has 0 aromatic heterocycles. The molecule has 0 unspecified atom stereocenters. The summed E-state index contributed by atoms with van der Waals surface area (Å²) in [4.78, 5) is 122. The van der Waals surface area contributed by atoms with Crippen LogP contribution >= 0.6 is 0 Å². The zero-order valence-corrected chi connectivity index (χ0v) is 28.0. The third-order valence-electron chi connectivity index (χ3n) is 6.87. The van der Waals surface area contributed by atoms with E-state index in [0.717, 1.165) is 0 Å². The lowest BCUT2D eigenvalue weighted by Crippen LogP contribution is -2.60. The number of carbonyl (C=O) groups excluding carboxylic acids is 5. The molecule has 0 aliphatic rings. The van der Waals surface area contributed by atoms with E-state index in [2.05, 4.69) is 21.3 Å². The summed E-state index contributed by atoms with van der Waals surface area (Å²) in [6.45, 7) is 6.37. The molecule has 0 saturated heterocycles. The maximum atomic E-state index is 13.3. The highest BCUT2D eigenvalue weighted by atomic mass is 16.4. The standard InChI is InChI=1S/C29H46N6O15/c1-12(2)9-14(30)24(44)33-17(10-21(40)41)26(46)34-18(11-22(42)43)27(47)35-23(13(3)4)28(48)31-15(5-7-19(36)37)25(45)32-16(29(49)50)6-8-20(38)39/h12-18,23H,5-11,30H2,1-4H3,(H,31,48)(H,32,45)(H,33,44)(H,34,46)(H,35,47)(H,36,37)(H,38,39)(H,40,41)(H,42,43)(H,49,50)/t14-,15-,16-,17-,18-,23-/m0/s1. The van der Waals surface area contributed by atoms with Crippen LogP contribution in [0.5, 0.6) is 0 Å². The van der Waals surface area contributed by atoms with E-state index in [9.17, 15) is 63.3 Å². The van der Waals surface area contributed by atoms with Crippen molar-refractivity contribution in [2.24, 2.45) is 17.6 Å². The molecular formula is C29H46N6O15. The number of nitrogens with one attached hydrogen (secondary N) is 5. The SMILES string of the molecule is CC(C)C[C@H](N)C(=O)N[C@@H](CC(=O)O)C(=O)N[C@@H](CC(=O)O)C(=O)N[C@H](C(=O)N[C@@H](CCC(=O)O)C(=O)N[C@@H](CCC(=O)O)C(=O)O)C(C)C. The monoisotopic (exact) mass is 718 g/mol. The molecule has 50 heavy (non-hydrogen) atoms. The summed E-state index contributed by atoms with van der Waals surface area (Å²) in [6, 6.07) is -9.82. The van der Waals surface area contributed by atoms with Crippen molar-refractivity contribution < 1.29 is 73.5 Å². The van der Waals surface area contributed by atoms with Gasteiger partial charge in [-0.2, -0.15) is 0 Å². The molecule has 0 aliphatic carbocycles. The lowest BCUT2D eigenvalue weighted by Gasteiger charge is -2.28. The molecule has 282 valence electrons. The summed E-state index contributed by atoms with van der Waals surface area (Å²) in [5, 5.41) is 56.7. The molecule has 0 rings (SSSR count). The Balaban J connectivity index is 6.12. The Hall–Kier alpha value is -5.34. The van der Waals surface area contributed by atoms with Crippen LogP contribution in [0.25, 0.3) is 0 Å². The maximum absolute atomic E-state index is 13.3. The summed E-state index contributed by atoms with van der Waals surface area (Å²) in [6.07, 6.45) is -4.30. The molecule has 0 heterocycles. The van der Waals surface area contributed by atoms with Gasteiger partial charge in [-0.1, -0.05) is 27.7 Å². The summed E-state index contributed by atoms with van der Waals surface area (Å²) in [7, 11) is 0. The van der Waals surface area contributed by atoms with E-state index < -0.39 is 140 Å². The normalized spacial score (nSPS) is 14.5. The predicted molar refractivity (Wildman–Crippen MR) is 168 cm³/mol. The van der Waals surface area contributed by atoms with Gasteiger partial charge in [0.15, 0.2) is 0 Å². The first-order valence-electron chi connectivity index (χ1n) is 15.4. The molecule has 0 aromatic carbocycles. The third-order valence-corrected chi connectivity index (χ3v) is 6.87. The van der Waals surface area contributed by atoms with E-state index in [1.807, 2.05) is 5.32 Å². The zero-order chi connectivity index (χ0) is 38.9. The number of rotatable bonds is 24. The fraction of sp³-hybridized carbons (Fsp3) is 0.655. The number of carboxylic acids is 5. The van der Waals surface area contributed by atoms with E-state index in [4.69, 9.17) is 15.9 Å². The minimum Gasteiger partial charge on any atom is -0.481 e. The highest BCUT2D eigenvalue weighted by Gasteiger charge is 2.35. The number of hydrogen-bond donors (Lipinski definition) is 11. The van der Waals surface area contributed by atoms with Gasteiger partial charge in [0.05, 0.1) is 18.9 Å². The molecule has 6 atom stereocenters. The summed E-state index contributed by atoms with van der Waals surface area (Å²) >= 11 is 0. The molecule has 21 heteroatoms. The van der Waals surface area contributed by atoms with Gasteiger partial charge in [0, 0.05) is 12.8 Å². The van der Waals surface area contributed by atoms with Crippen molar-refractivity contribution in [3.63, 3.8) is 0 Å². The number of aliphatic carboxylic acids is 5. The van der Waals surface area contributed by atoms with Gasteiger partial charge in [-0.3, -0.25) is 43.2 Å². The molecule has 0 spiro atoms. The van der Waals surface area contributed by atoms with Crippen molar-refractivity contribution in [1.29, 1.82) is 0 Å². The molecular weight excluding hydrogens is 672 g/mol. The smallest absolute Gasteiger partial charge is 0.326 e. The number of nitrogens with two attached hydrogens (primary N) is 1. The van der Waals surface area contributed by atoms with Crippen molar-refractivity contribution in [3.8, 4) is 0 Å². The van der Waals surface area contributed by atoms with Crippen molar-refractivity contribution in [2.75, 3.05) is 0 Å². The quantitative estimate of drug-likeness (QED) is 0.0480. The Morgan fingerprint density at radius 1 is 0.500 bits per heavy atom. The Bertz CT molecular complexity index is 1290. The van der Waals surface area contributed by atoms with Crippen LogP contribution in [0.2, 0.25) is 0 Å². The van der Waals surface area contributed by atoms with Gasteiger partial charge in [0.2, 0.25) is 29.5 Å². The zero-order valence-electron chi connectivity index (χ0n) is 28.0. The fourth-order valence-electron chi connectivity index (χ4n) is 4.32. The van der Waals surface area contributed by atoms with Gasteiger partial charge in [0.1, 0.15) is 30.2 Å². The van der Waals surface area contributed by atoms with Crippen LogP contribution in [-0.4, -0.2) is 121 Å². The van der Waals surface area contributed by atoms with Crippen molar-refractivity contribution >= 4 is 59.4 Å². The number of carbonyl (C=O) groups is 10. The molecule has 12 N–H and O–H groups in total. The Kier molecular flexibility index (Phi) is 19.3. The molecule has 0 fully saturated rings. The number of hydrogen-bond acceptors (Lipinski definition) is 11. The van der Waals surface area contributed by atoms with Gasteiger partial charge in [0.25, 0.3) is 0 Å². The van der Waals surface area contributed by atoms with Crippen molar-refractivity contribution in [2.45, 2.75) is 109 Å². The minimum atomic E-state index is -1.93. The summed E-state index contributed by atoms with van der Waals surface area (Å²) in [5.41, 5.74) is 5.80. The highest BCUT2D eigenvalue weighted by molar-refractivity contribution is 5.98. The lowest BCUT2D eigenvalue weighted by atomic mass is 10.0. The van der Waals surface area contributed by atoms with E-state index in [1.54, 1.807) is 13.8 Å². The van der Waals surface area contributed by atoms with E-state index in [0.29, 0.717) is 0 Å². The second-order valence-electron chi connectivity index (χ2n) is 12.1. The molecule has 0 saturated carbocycles. The minimum absolute atomic E-state index is 0.0375. The summed E-state index contributed by atoms with van der Waals surface area (Å²) in [5.74, 6) is -14.0. The number of amides is 5. The van der Waals surface area contributed by atoms with Gasteiger partial charge in [-0.05, 0) is 31.1 Å². The Morgan fingerprint density at radius 2 is 0.880 bits per heavy atom. The molecule has 21 nitrogen and oxygen atoms in total. The second kappa shape index (κ2) is 21.6. The average molecular weight is 719 g/mol. The van der Waals surface area contributed by atoms with Gasteiger partial charge >= 0.3 is 29.8 Å². The molecule has 5 amide bonds. The van der Waals surface area contributed by atoms with Crippen LogP contribution in [-0.2, 0) is 47.9 Å². The molecule has 0 radical (unpaired) electrons. The molecule has 0 bridgehead atoms. The Labute approximate surface area is 286 Å². The Morgan fingerprint density at radius 3 is 1.28 bits per heavy atom. The van der Waals surface area contributed by atoms with Crippen LogP contribution in [0.3, 0.4) is 0 Å². The van der Waals surface area contributed by atoms with Crippen molar-refractivity contribution in [1.82, 2.24) is 26.6 Å². The van der Waals surface area contributed by atoms with Crippen molar-refractivity contribution in [3.05, 3.63) is 0 Å².